The second-order valence-corrected chi connectivity index (χ2v) is 3.20. The van der Waals surface area contributed by atoms with Crippen LogP contribution in [0.25, 0.3) is 0 Å². The number of hydrogen-bond acceptors (Lipinski definition) is 3. The van der Waals surface area contributed by atoms with Crippen molar-refractivity contribution in [3.05, 3.63) is 0 Å². The Morgan fingerprint density at radius 2 is 2.27 bits per heavy atom. The summed E-state index contributed by atoms with van der Waals surface area (Å²) in [7, 11) is 0. The summed E-state index contributed by atoms with van der Waals surface area (Å²) in [6.45, 7) is 4.27. The van der Waals surface area contributed by atoms with Crippen molar-refractivity contribution in [2.45, 2.75) is 25.4 Å². The van der Waals surface area contributed by atoms with E-state index in [4.69, 9.17) is 5.26 Å². The molecule has 1 rings (SSSR count). The molecule has 0 unspecified atom stereocenters. The normalized spacial score (nSPS) is 22.3. The van der Waals surface area contributed by atoms with Crippen LogP contribution in [-0.2, 0) is 0 Å². The minimum atomic E-state index is -0.449. The average Bonchev–Trinajstić information content (AvgIpc) is 1.96. The van der Waals surface area contributed by atoms with Gasteiger partial charge in [0.1, 0.15) is 0 Å². The Balaban J connectivity index is 2.14. The van der Waals surface area contributed by atoms with Crippen molar-refractivity contribution in [3.8, 4) is 6.07 Å². The van der Waals surface area contributed by atoms with E-state index in [1.165, 1.54) is 0 Å². The molecular formula is C8H14N2O. The van der Waals surface area contributed by atoms with Crippen LogP contribution in [-0.4, -0.2) is 35.2 Å². The third-order valence-corrected chi connectivity index (χ3v) is 2.23. The summed E-state index contributed by atoms with van der Waals surface area (Å²) in [5, 5.41) is 17.8. The molecule has 0 aromatic heterocycles. The molecule has 0 radical (unpaired) electrons. The molecular weight excluding hydrogens is 140 g/mol. The van der Waals surface area contributed by atoms with Gasteiger partial charge >= 0.3 is 0 Å². The molecule has 0 amide bonds. The zero-order chi connectivity index (χ0) is 8.32. The molecule has 1 N–H and O–H groups in total. The van der Waals surface area contributed by atoms with Gasteiger partial charge in [0.15, 0.2) is 0 Å². The van der Waals surface area contributed by atoms with Crippen LogP contribution in [0, 0.1) is 11.3 Å². The number of aliphatic hydroxyl groups is 1. The van der Waals surface area contributed by atoms with Gasteiger partial charge in [-0.3, -0.25) is 4.90 Å². The SMILES string of the molecule is CCC1(O)CN(CCC#N)C1. The van der Waals surface area contributed by atoms with Crippen LogP contribution < -0.4 is 0 Å². The van der Waals surface area contributed by atoms with E-state index in [9.17, 15) is 5.11 Å². The Morgan fingerprint density at radius 3 is 2.73 bits per heavy atom. The molecule has 3 nitrogen and oxygen atoms in total. The van der Waals surface area contributed by atoms with Crippen LogP contribution in [0.15, 0.2) is 0 Å². The molecule has 0 aromatic rings. The average molecular weight is 154 g/mol. The van der Waals surface area contributed by atoms with Crippen LogP contribution in [0.4, 0.5) is 0 Å². The molecule has 0 saturated carbocycles. The number of β-amino-alcohol motifs (C(OH)–C–C–N with tert-alkyl or cyclic N) is 1. The van der Waals surface area contributed by atoms with E-state index in [1.807, 2.05) is 6.92 Å². The van der Waals surface area contributed by atoms with Gasteiger partial charge in [-0.2, -0.15) is 5.26 Å². The van der Waals surface area contributed by atoms with Crippen LogP contribution in [0.3, 0.4) is 0 Å². The lowest BCUT2D eigenvalue weighted by molar-refractivity contribution is -0.0982. The van der Waals surface area contributed by atoms with Crippen molar-refractivity contribution in [2.24, 2.45) is 0 Å². The summed E-state index contributed by atoms with van der Waals surface area (Å²) < 4.78 is 0. The van der Waals surface area contributed by atoms with Gasteiger partial charge in [0.05, 0.1) is 11.7 Å². The monoisotopic (exact) mass is 154 g/mol. The summed E-state index contributed by atoms with van der Waals surface area (Å²) in [6.07, 6.45) is 1.38. The first-order valence-electron chi connectivity index (χ1n) is 4.02. The fourth-order valence-corrected chi connectivity index (χ4v) is 1.38. The van der Waals surface area contributed by atoms with Crippen LogP contribution in [0.5, 0.6) is 0 Å². The van der Waals surface area contributed by atoms with Crippen LogP contribution in [0.2, 0.25) is 0 Å². The highest BCUT2D eigenvalue weighted by Crippen LogP contribution is 2.23. The Bertz CT molecular complexity index is 167. The van der Waals surface area contributed by atoms with E-state index < -0.39 is 5.60 Å². The number of nitrogens with zero attached hydrogens (tertiary/aromatic N) is 2. The quantitative estimate of drug-likeness (QED) is 0.638. The lowest BCUT2D eigenvalue weighted by atomic mass is 9.91. The lowest BCUT2D eigenvalue weighted by Gasteiger charge is -2.45. The molecule has 62 valence electrons. The van der Waals surface area contributed by atoms with Crippen LogP contribution in [0.1, 0.15) is 19.8 Å². The maximum absolute atomic E-state index is 9.56. The maximum Gasteiger partial charge on any atom is 0.0897 e. The topological polar surface area (TPSA) is 47.3 Å². The molecule has 1 aliphatic heterocycles. The summed E-state index contributed by atoms with van der Waals surface area (Å²) in [4.78, 5) is 2.10. The minimum Gasteiger partial charge on any atom is -0.387 e. The van der Waals surface area contributed by atoms with E-state index in [1.54, 1.807) is 0 Å². The summed E-state index contributed by atoms with van der Waals surface area (Å²) in [6, 6.07) is 2.09. The first-order valence-corrected chi connectivity index (χ1v) is 4.02. The molecule has 0 aliphatic carbocycles. The second kappa shape index (κ2) is 3.21. The highest BCUT2D eigenvalue weighted by molar-refractivity contribution is 4.94. The van der Waals surface area contributed by atoms with Gasteiger partial charge in [0.25, 0.3) is 0 Å². The highest BCUT2D eigenvalue weighted by Gasteiger charge is 2.38. The van der Waals surface area contributed by atoms with E-state index in [0.717, 1.165) is 26.1 Å². The van der Waals surface area contributed by atoms with Gasteiger partial charge in [-0.15, -0.1) is 0 Å². The Labute approximate surface area is 67.2 Å². The Hall–Kier alpha value is -0.590. The fourth-order valence-electron chi connectivity index (χ4n) is 1.38. The second-order valence-electron chi connectivity index (χ2n) is 3.20. The molecule has 0 aromatic carbocycles. The van der Waals surface area contributed by atoms with Gasteiger partial charge in [0, 0.05) is 26.1 Å². The number of hydrogen-bond donors (Lipinski definition) is 1. The first-order chi connectivity index (χ1) is 5.20. The van der Waals surface area contributed by atoms with Gasteiger partial charge in [-0.25, -0.2) is 0 Å². The number of likely N-dealkylation sites (tertiary alicyclic amines) is 1. The van der Waals surface area contributed by atoms with Crippen molar-refractivity contribution in [2.75, 3.05) is 19.6 Å². The van der Waals surface area contributed by atoms with Gasteiger partial charge in [-0.05, 0) is 6.42 Å². The maximum atomic E-state index is 9.56. The Morgan fingerprint density at radius 1 is 1.64 bits per heavy atom. The summed E-state index contributed by atoms with van der Waals surface area (Å²) in [5.74, 6) is 0. The molecule has 1 fully saturated rings. The molecule has 3 heteroatoms. The summed E-state index contributed by atoms with van der Waals surface area (Å²) >= 11 is 0. The summed E-state index contributed by atoms with van der Waals surface area (Å²) in [5.41, 5.74) is -0.449. The molecule has 0 bridgehead atoms. The smallest absolute Gasteiger partial charge is 0.0897 e. The first kappa shape index (κ1) is 8.51. The number of rotatable bonds is 3. The predicted molar refractivity (Wildman–Crippen MR) is 41.9 cm³/mol. The zero-order valence-corrected chi connectivity index (χ0v) is 6.88. The van der Waals surface area contributed by atoms with Crippen LogP contribution >= 0.6 is 0 Å². The standard InChI is InChI=1S/C8H14N2O/c1-2-8(11)6-10(7-8)5-3-4-9/h11H,2-3,5-7H2,1H3. The van der Waals surface area contributed by atoms with Gasteiger partial charge < -0.3 is 5.11 Å². The van der Waals surface area contributed by atoms with Gasteiger partial charge in [0.2, 0.25) is 0 Å². The molecule has 1 aliphatic rings. The third kappa shape index (κ3) is 1.92. The molecule has 1 heterocycles. The predicted octanol–water partition coefficient (Wildman–Crippen LogP) is 0.357. The molecule has 1 saturated heterocycles. The molecule has 0 atom stereocenters. The molecule has 11 heavy (non-hydrogen) atoms. The van der Waals surface area contributed by atoms with E-state index >= 15 is 0 Å². The van der Waals surface area contributed by atoms with Gasteiger partial charge in [-0.1, -0.05) is 6.92 Å². The highest BCUT2D eigenvalue weighted by atomic mass is 16.3. The third-order valence-electron chi connectivity index (χ3n) is 2.23. The van der Waals surface area contributed by atoms with E-state index in [0.29, 0.717) is 6.42 Å². The van der Waals surface area contributed by atoms with E-state index in [-0.39, 0.29) is 0 Å². The fraction of sp³-hybridized carbons (Fsp3) is 0.875. The number of nitriles is 1. The van der Waals surface area contributed by atoms with Crippen molar-refractivity contribution < 1.29 is 5.11 Å². The van der Waals surface area contributed by atoms with E-state index in [2.05, 4.69) is 11.0 Å². The van der Waals surface area contributed by atoms with Crippen molar-refractivity contribution in [1.82, 2.24) is 4.90 Å². The van der Waals surface area contributed by atoms with Crippen molar-refractivity contribution in [3.63, 3.8) is 0 Å². The van der Waals surface area contributed by atoms with Crippen molar-refractivity contribution >= 4 is 0 Å². The zero-order valence-electron chi connectivity index (χ0n) is 6.88. The lowest BCUT2D eigenvalue weighted by Crippen LogP contribution is -2.61. The Kier molecular flexibility index (Phi) is 2.48. The largest absolute Gasteiger partial charge is 0.387 e. The molecule has 0 spiro atoms. The minimum absolute atomic E-state index is 0.449. The van der Waals surface area contributed by atoms with Crippen molar-refractivity contribution in [1.29, 1.82) is 5.26 Å².